The Morgan fingerprint density at radius 3 is 2.95 bits per heavy atom. The summed E-state index contributed by atoms with van der Waals surface area (Å²) in [6.07, 6.45) is 3.94. The molecule has 1 aliphatic heterocycles. The van der Waals surface area contributed by atoms with Gasteiger partial charge < -0.3 is 14.8 Å². The molecule has 0 aliphatic carbocycles. The molecular weight excluding hydrogens is 252 g/mol. The Labute approximate surface area is 119 Å². The average Bonchev–Trinajstić information content (AvgIpc) is 2.79. The van der Waals surface area contributed by atoms with Crippen molar-refractivity contribution in [3.8, 4) is 0 Å². The Bertz CT molecular complexity index is 593. The maximum absolute atomic E-state index is 5.77. The van der Waals surface area contributed by atoms with Gasteiger partial charge in [-0.2, -0.15) is 0 Å². The third-order valence-electron chi connectivity index (χ3n) is 3.51. The van der Waals surface area contributed by atoms with Gasteiger partial charge in [-0.05, 0) is 24.8 Å². The molecule has 1 atom stereocenters. The van der Waals surface area contributed by atoms with Gasteiger partial charge in [-0.25, -0.2) is 0 Å². The number of nitrogens with one attached hydrogen (secondary N) is 1. The number of nitrogens with zero attached hydrogens (tertiary/aromatic N) is 1. The quantitative estimate of drug-likeness (QED) is 0.928. The zero-order chi connectivity index (χ0) is 14.0. The molecule has 3 rings (SSSR count). The molecule has 1 aromatic heterocycles. The standard InChI is InChI=1S/C16H20N2O2/c1-16(2)19-11-14(20-16)10-18-9-13-8-17-7-12-5-3-4-6-15(12)13/h3-8,14,18H,9-11H2,1-2H3. The fourth-order valence-electron chi connectivity index (χ4n) is 2.55. The van der Waals surface area contributed by atoms with Crippen molar-refractivity contribution in [2.75, 3.05) is 13.2 Å². The maximum atomic E-state index is 5.77. The lowest BCUT2D eigenvalue weighted by molar-refractivity contribution is -0.137. The molecule has 4 nitrogen and oxygen atoms in total. The summed E-state index contributed by atoms with van der Waals surface area (Å²) < 4.78 is 11.3. The number of fused-ring (bicyclic) bond motifs is 1. The zero-order valence-electron chi connectivity index (χ0n) is 11.9. The number of pyridine rings is 1. The van der Waals surface area contributed by atoms with E-state index in [1.54, 1.807) is 0 Å². The van der Waals surface area contributed by atoms with Gasteiger partial charge >= 0.3 is 0 Å². The van der Waals surface area contributed by atoms with Gasteiger partial charge in [0, 0.05) is 30.9 Å². The van der Waals surface area contributed by atoms with Crippen LogP contribution < -0.4 is 5.32 Å². The van der Waals surface area contributed by atoms with Crippen LogP contribution in [0.25, 0.3) is 10.8 Å². The van der Waals surface area contributed by atoms with Crippen LogP contribution in [0.5, 0.6) is 0 Å². The minimum Gasteiger partial charge on any atom is -0.348 e. The SMILES string of the molecule is CC1(C)OCC(CNCc2cncc3ccccc23)O1. The lowest BCUT2D eigenvalue weighted by Crippen LogP contribution is -2.30. The minimum absolute atomic E-state index is 0.118. The predicted molar refractivity (Wildman–Crippen MR) is 78.4 cm³/mol. The molecule has 4 heteroatoms. The van der Waals surface area contributed by atoms with Crippen LogP contribution in [0.2, 0.25) is 0 Å². The van der Waals surface area contributed by atoms with Crippen LogP contribution in [0, 0.1) is 0 Å². The van der Waals surface area contributed by atoms with Crippen LogP contribution in [-0.2, 0) is 16.0 Å². The molecule has 2 heterocycles. The van der Waals surface area contributed by atoms with E-state index in [0.717, 1.165) is 13.1 Å². The normalized spacial score (nSPS) is 21.4. The molecule has 1 unspecified atom stereocenters. The summed E-state index contributed by atoms with van der Waals surface area (Å²) in [6, 6.07) is 8.31. The van der Waals surface area contributed by atoms with Gasteiger partial charge in [-0.3, -0.25) is 4.98 Å². The van der Waals surface area contributed by atoms with Crippen LogP contribution in [0.4, 0.5) is 0 Å². The Kier molecular flexibility index (Phi) is 3.70. The van der Waals surface area contributed by atoms with Gasteiger partial charge in [0.05, 0.1) is 12.7 Å². The second-order valence-electron chi connectivity index (χ2n) is 5.60. The summed E-state index contributed by atoms with van der Waals surface area (Å²) in [5.41, 5.74) is 1.21. The molecule has 0 radical (unpaired) electrons. The van der Waals surface area contributed by atoms with Crippen molar-refractivity contribution in [1.29, 1.82) is 0 Å². The average molecular weight is 272 g/mol. The molecular formula is C16H20N2O2. The van der Waals surface area contributed by atoms with Crippen molar-refractivity contribution < 1.29 is 9.47 Å². The third-order valence-corrected chi connectivity index (χ3v) is 3.51. The van der Waals surface area contributed by atoms with Crippen molar-refractivity contribution in [2.45, 2.75) is 32.3 Å². The number of aromatic nitrogens is 1. The highest BCUT2D eigenvalue weighted by molar-refractivity contribution is 5.84. The molecule has 106 valence electrons. The molecule has 1 fully saturated rings. The van der Waals surface area contributed by atoms with E-state index in [4.69, 9.17) is 9.47 Å². The topological polar surface area (TPSA) is 43.4 Å². The van der Waals surface area contributed by atoms with Crippen LogP contribution in [0.15, 0.2) is 36.7 Å². The van der Waals surface area contributed by atoms with E-state index in [1.165, 1.54) is 16.3 Å². The van der Waals surface area contributed by atoms with Gasteiger partial charge in [0.25, 0.3) is 0 Å². The first-order valence-electron chi connectivity index (χ1n) is 6.98. The smallest absolute Gasteiger partial charge is 0.163 e. The van der Waals surface area contributed by atoms with Gasteiger partial charge in [-0.15, -0.1) is 0 Å². The molecule has 0 bridgehead atoms. The van der Waals surface area contributed by atoms with Crippen molar-refractivity contribution >= 4 is 10.8 Å². The monoisotopic (exact) mass is 272 g/mol. The highest BCUT2D eigenvalue weighted by Gasteiger charge is 2.32. The van der Waals surface area contributed by atoms with E-state index >= 15 is 0 Å². The molecule has 1 aliphatic rings. The summed E-state index contributed by atoms with van der Waals surface area (Å²) in [5.74, 6) is -0.451. The number of hydrogen-bond acceptors (Lipinski definition) is 4. The fraction of sp³-hybridized carbons (Fsp3) is 0.438. The first-order chi connectivity index (χ1) is 9.64. The molecule has 1 aromatic carbocycles. The molecule has 0 amide bonds. The molecule has 0 saturated carbocycles. The van der Waals surface area contributed by atoms with Crippen LogP contribution >= 0.6 is 0 Å². The fourth-order valence-corrected chi connectivity index (χ4v) is 2.55. The van der Waals surface area contributed by atoms with E-state index in [1.807, 2.05) is 32.3 Å². The van der Waals surface area contributed by atoms with Gasteiger partial charge in [0.2, 0.25) is 0 Å². The lowest BCUT2D eigenvalue weighted by Gasteiger charge is -2.17. The van der Waals surface area contributed by atoms with Crippen molar-refractivity contribution in [1.82, 2.24) is 10.3 Å². The molecule has 20 heavy (non-hydrogen) atoms. The van der Waals surface area contributed by atoms with Crippen molar-refractivity contribution in [3.63, 3.8) is 0 Å². The second kappa shape index (κ2) is 5.48. The highest BCUT2D eigenvalue weighted by atomic mass is 16.7. The Balaban J connectivity index is 1.61. The van der Waals surface area contributed by atoms with E-state index in [9.17, 15) is 0 Å². The Hall–Kier alpha value is -1.49. The summed E-state index contributed by atoms with van der Waals surface area (Å²) in [6.45, 7) is 6.11. The molecule has 1 N–H and O–H groups in total. The van der Waals surface area contributed by atoms with Crippen LogP contribution in [-0.4, -0.2) is 30.0 Å². The first-order valence-corrected chi connectivity index (χ1v) is 6.98. The van der Waals surface area contributed by atoms with Crippen LogP contribution in [0.3, 0.4) is 0 Å². The van der Waals surface area contributed by atoms with E-state index in [-0.39, 0.29) is 6.10 Å². The number of hydrogen-bond donors (Lipinski definition) is 1. The molecule has 1 saturated heterocycles. The van der Waals surface area contributed by atoms with Gasteiger partial charge in [0.1, 0.15) is 0 Å². The van der Waals surface area contributed by atoms with E-state index in [2.05, 4.69) is 28.5 Å². The minimum atomic E-state index is -0.451. The predicted octanol–water partition coefficient (Wildman–Crippen LogP) is 2.48. The third kappa shape index (κ3) is 2.98. The van der Waals surface area contributed by atoms with Crippen LogP contribution in [0.1, 0.15) is 19.4 Å². The van der Waals surface area contributed by atoms with Gasteiger partial charge in [0.15, 0.2) is 5.79 Å². The number of benzene rings is 1. The van der Waals surface area contributed by atoms with E-state index < -0.39 is 5.79 Å². The van der Waals surface area contributed by atoms with E-state index in [0.29, 0.717) is 6.61 Å². The number of ether oxygens (including phenoxy) is 2. The van der Waals surface area contributed by atoms with Crippen molar-refractivity contribution in [2.24, 2.45) is 0 Å². The second-order valence-corrected chi connectivity index (χ2v) is 5.60. The highest BCUT2D eigenvalue weighted by Crippen LogP contribution is 2.22. The van der Waals surface area contributed by atoms with Gasteiger partial charge in [-0.1, -0.05) is 24.3 Å². The summed E-state index contributed by atoms with van der Waals surface area (Å²) >= 11 is 0. The Morgan fingerprint density at radius 2 is 2.15 bits per heavy atom. The number of rotatable bonds is 4. The Morgan fingerprint density at radius 1 is 1.30 bits per heavy atom. The maximum Gasteiger partial charge on any atom is 0.163 e. The zero-order valence-corrected chi connectivity index (χ0v) is 11.9. The summed E-state index contributed by atoms with van der Waals surface area (Å²) in [4.78, 5) is 4.29. The van der Waals surface area contributed by atoms with Crippen molar-refractivity contribution in [3.05, 3.63) is 42.2 Å². The summed E-state index contributed by atoms with van der Waals surface area (Å²) in [7, 11) is 0. The molecule has 0 spiro atoms. The first kappa shape index (κ1) is 13.5. The summed E-state index contributed by atoms with van der Waals surface area (Å²) in [5, 5.41) is 5.85. The largest absolute Gasteiger partial charge is 0.348 e. The molecule has 2 aromatic rings. The lowest BCUT2D eigenvalue weighted by atomic mass is 10.1.